The predicted octanol–water partition coefficient (Wildman–Crippen LogP) is -4.39. The summed E-state index contributed by atoms with van der Waals surface area (Å²) in [7, 11) is 0. The largest absolute Gasteiger partial charge is 1.00 e. The summed E-state index contributed by atoms with van der Waals surface area (Å²) in [4.78, 5) is 3.62. The van der Waals surface area contributed by atoms with Crippen molar-refractivity contribution in [2.24, 2.45) is 0 Å². The summed E-state index contributed by atoms with van der Waals surface area (Å²) in [6, 6.07) is 2.80. The Hall–Kier alpha value is -0.508. The third kappa shape index (κ3) is 3.70. The van der Waals surface area contributed by atoms with Gasteiger partial charge in [0.1, 0.15) is 5.75 Å². The van der Waals surface area contributed by atoms with Crippen LogP contribution in [0.1, 0.15) is 6.92 Å². The first-order valence-corrected chi connectivity index (χ1v) is 3.94. The molecule has 1 aromatic rings. The van der Waals surface area contributed by atoms with Gasteiger partial charge in [0.2, 0.25) is 0 Å². The van der Waals surface area contributed by atoms with E-state index in [0.717, 1.165) is 0 Å². The number of nitrogens with zero attached hydrogens (tertiary/aromatic N) is 1. The van der Waals surface area contributed by atoms with Crippen LogP contribution in [0.5, 0.6) is 5.75 Å². The standard InChI is InChI=1S/C7H11BNO4.Li/c1-2-13-6-3-4-7(9-5-6)8(10,11)12;/h3-5,10-12H,2H2,1H3;/q-1;+1. The Morgan fingerprint density at radius 1 is 1.36 bits per heavy atom. The van der Waals surface area contributed by atoms with Crippen molar-refractivity contribution < 1.29 is 38.7 Å². The second-order valence-corrected chi connectivity index (χ2v) is 2.59. The van der Waals surface area contributed by atoms with E-state index in [1.54, 1.807) is 0 Å². The molecule has 0 unspecified atom stereocenters. The molecule has 5 nitrogen and oxygen atoms in total. The molecule has 3 N–H and O–H groups in total. The first kappa shape index (κ1) is 13.5. The summed E-state index contributed by atoms with van der Waals surface area (Å²) < 4.78 is 5.07. The predicted molar refractivity (Wildman–Crippen MR) is 47.5 cm³/mol. The number of pyridine rings is 1. The molecule has 1 heterocycles. The van der Waals surface area contributed by atoms with Gasteiger partial charge in [-0.3, -0.25) is 4.98 Å². The van der Waals surface area contributed by atoms with E-state index in [9.17, 15) is 0 Å². The minimum absolute atomic E-state index is 0. The van der Waals surface area contributed by atoms with Gasteiger partial charge in [0, 0.05) is 0 Å². The van der Waals surface area contributed by atoms with Crippen LogP contribution in [0.4, 0.5) is 0 Å². The van der Waals surface area contributed by atoms with E-state index in [0.29, 0.717) is 12.4 Å². The minimum Gasteiger partial charge on any atom is -0.555 e. The first-order chi connectivity index (χ1) is 6.04. The Balaban J connectivity index is 0.00000169. The molecule has 0 fully saturated rings. The Morgan fingerprint density at radius 3 is 2.36 bits per heavy atom. The van der Waals surface area contributed by atoms with Gasteiger partial charge in [0.05, 0.1) is 12.8 Å². The molecule has 1 rings (SSSR count). The molecule has 0 amide bonds. The number of rotatable bonds is 3. The van der Waals surface area contributed by atoms with E-state index >= 15 is 0 Å². The van der Waals surface area contributed by atoms with Crippen LogP contribution in [0.15, 0.2) is 18.3 Å². The number of aromatic nitrogens is 1. The van der Waals surface area contributed by atoms with Gasteiger partial charge in [-0.05, 0) is 18.6 Å². The maximum Gasteiger partial charge on any atom is 1.00 e. The third-order valence-corrected chi connectivity index (χ3v) is 1.47. The molecule has 0 spiro atoms. The van der Waals surface area contributed by atoms with Gasteiger partial charge in [-0.15, -0.1) is 0 Å². The van der Waals surface area contributed by atoms with Crippen molar-refractivity contribution >= 4 is 12.3 Å². The molecule has 0 bridgehead atoms. The topological polar surface area (TPSA) is 82.8 Å². The summed E-state index contributed by atoms with van der Waals surface area (Å²) in [6.07, 6.45) is 1.32. The van der Waals surface area contributed by atoms with Crippen LogP contribution in [0, 0.1) is 0 Å². The van der Waals surface area contributed by atoms with Crippen molar-refractivity contribution in [1.82, 2.24) is 4.98 Å². The third-order valence-electron chi connectivity index (χ3n) is 1.47. The summed E-state index contributed by atoms with van der Waals surface area (Å²) >= 11 is 0. The van der Waals surface area contributed by atoms with Crippen molar-refractivity contribution in [3.8, 4) is 5.75 Å². The maximum atomic E-state index is 8.78. The zero-order valence-electron chi connectivity index (χ0n) is 8.21. The molecule has 0 radical (unpaired) electrons. The molecule has 7 heteroatoms. The Bertz CT molecular complexity index is 274. The van der Waals surface area contributed by atoms with Crippen molar-refractivity contribution in [3.63, 3.8) is 0 Å². The molecule has 72 valence electrons. The molecule has 0 aliphatic heterocycles. The van der Waals surface area contributed by atoms with Gasteiger partial charge in [-0.1, -0.05) is 6.07 Å². The van der Waals surface area contributed by atoms with Crippen molar-refractivity contribution in [2.45, 2.75) is 6.92 Å². The van der Waals surface area contributed by atoms with E-state index in [4.69, 9.17) is 19.8 Å². The normalized spacial score (nSPS) is 10.6. The van der Waals surface area contributed by atoms with Crippen LogP contribution in [-0.2, 0) is 0 Å². The summed E-state index contributed by atoms with van der Waals surface area (Å²) in [6.45, 7) is -1.16. The van der Waals surface area contributed by atoms with Crippen LogP contribution in [0.25, 0.3) is 0 Å². The zero-order chi connectivity index (χ0) is 9.90. The molecule has 0 saturated carbocycles. The van der Waals surface area contributed by atoms with Gasteiger partial charge in [0.15, 0.2) is 0 Å². The Labute approximate surface area is 93.9 Å². The fraction of sp³-hybridized carbons (Fsp3) is 0.286. The van der Waals surface area contributed by atoms with Crippen LogP contribution >= 0.6 is 0 Å². The van der Waals surface area contributed by atoms with E-state index in [1.165, 1.54) is 18.3 Å². The molecular formula is C7H11BLiNO4. The maximum absolute atomic E-state index is 8.78. The van der Waals surface area contributed by atoms with Crippen molar-refractivity contribution in [1.29, 1.82) is 0 Å². The van der Waals surface area contributed by atoms with Crippen LogP contribution in [0.3, 0.4) is 0 Å². The molecule has 0 aliphatic rings. The van der Waals surface area contributed by atoms with Gasteiger partial charge >= 0.3 is 25.6 Å². The number of hydrogen-bond donors (Lipinski definition) is 3. The first-order valence-electron chi connectivity index (χ1n) is 3.94. The van der Waals surface area contributed by atoms with Crippen molar-refractivity contribution in [2.75, 3.05) is 6.61 Å². The van der Waals surface area contributed by atoms with Gasteiger partial charge in [0.25, 0.3) is 0 Å². The average molecular weight is 191 g/mol. The quantitative estimate of drug-likeness (QED) is 0.420. The van der Waals surface area contributed by atoms with Gasteiger partial charge < -0.3 is 19.8 Å². The minimum atomic E-state index is -3.50. The van der Waals surface area contributed by atoms with Gasteiger partial charge in [-0.2, -0.15) is 0 Å². The van der Waals surface area contributed by atoms with Crippen LogP contribution < -0.4 is 29.2 Å². The summed E-state index contributed by atoms with van der Waals surface area (Å²) in [5, 5.41) is 26.3. The molecule has 0 atom stereocenters. The van der Waals surface area contributed by atoms with Gasteiger partial charge in [-0.25, -0.2) is 0 Å². The van der Waals surface area contributed by atoms with E-state index in [1.807, 2.05) is 6.92 Å². The smallest absolute Gasteiger partial charge is 0.555 e. The summed E-state index contributed by atoms with van der Waals surface area (Å²) in [5.74, 6) is 0.520. The fourth-order valence-electron chi connectivity index (χ4n) is 0.873. The monoisotopic (exact) mass is 191 g/mol. The van der Waals surface area contributed by atoms with E-state index in [-0.39, 0.29) is 24.5 Å². The van der Waals surface area contributed by atoms with Crippen LogP contribution in [-0.4, -0.2) is 33.4 Å². The second kappa shape index (κ2) is 5.39. The molecule has 0 aromatic carbocycles. The molecular weight excluding hydrogens is 180 g/mol. The van der Waals surface area contributed by atoms with Crippen LogP contribution in [0.2, 0.25) is 0 Å². The number of ether oxygens (including phenoxy) is 1. The number of hydrogen-bond acceptors (Lipinski definition) is 5. The summed E-state index contributed by atoms with van der Waals surface area (Å²) in [5.41, 5.74) is -0.177. The molecule has 14 heavy (non-hydrogen) atoms. The second-order valence-electron chi connectivity index (χ2n) is 2.59. The fourth-order valence-corrected chi connectivity index (χ4v) is 0.873. The van der Waals surface area contributed by atoms with Crippen molar-refractivity contribution in [3.05, 3.63) is 18.3 Å². The zero-order valence-corrected chi connectivity index (χ0v) is 8.21. The Kier molecular flexibility index (Phi) is 5.20. The van der Waals surface area contributed by atoms with E-state index < -0.39 is 6.75 Å². The molecule has 0 saturated heterocycles. The Morgan fingerprint density at radius 2 is 2.00 bits per heavy atom. The molecule has 1 aromatic heterocycles. The van der Waals surface area contributed by atoms with E-state index in [2.05, 4.69) is 4.98 Å². The average Bonchev–Trinajstić information content (AvgIpc) is 2.04. The molecule has 0 aliphatic carbocycles. The SMILES string of the molecule is CCOc1ccc([B-](O)(O)O)nc1.[Li+].